The van der Waals surface area contributed by atoms with Crippen molar-refractivity contribution in [1.82, 2.24) is 0 Å². The average Bonchev–Trinajstić information content (AvgIpc) is 2.40. The van der Waals surface area contributed by atoms with Gasteiger partial charge in [0.2, 0.25) is 0 Å². The highest BCUT2D eigenvalue weighted by molar-refractivity contribution is 9.10. The van der Waals surface area contributed by atoms with Gasteiger partial charge in [0.05, 0.1) is 4.47 Å². The van der Waals surface area contributed by atoms with Crippen LogP contribution in [-0.2, 0) is 6.42 Å². The van der Waals surface area contributed by atoms with Crippen molar-refractivity contribution in [3.05, 3.63) is 69.7 Å². The van der Waals surface area contributed by atoms with Gasteiger partial charge in [0.15, 0.2) is 0 Å². The molecule has 1 nitrogen and oxygen atoms in total. The Balaban J connectivity index is 2.21. The molecule has 0 aliphatic heterocycles. The predicted molar refractivity (Wildman–Crippen MR) is 76.0 cm³/mol. The summed E-state index contributed by atoms with van der Waals surface area (Å²) in [6.07, 6.45) is 0.652. The Hall–Kier alpha value is -1.26. The van der Waals surface area contributed by atoms with Crippen LogP contribution in [0.2, 0.25) is 0 Å². The van der Waals surface area contributed by atoms with E-state index in [9.17, 15) is 8.78 Å². The van der Waals surface area contributed by atoms with Crippen LogP contribution in [0.5, 0.6) is 0 Å². The average molecular weight is 326 g/mol. The molecule has 2 aromatic carbocycles. The molecule has 0 aliphatic carbocycles. The molecule has 0 aliphatic rings. The second kappa shape index (κ2) is 6.26. The van der Waals surface area contributed by atoms with E-state index in [4.69, 9.17) is 5.73 Å². The molecule has 0 bridgehead atoms. The molecule has 0 spiro atoms. The third-order valence-corrected chi connectivity index (χ3v) is 3.68. The molecule has 1 atom stereocenters. The SMILES string of the molecule is NCC(Cc1ccc(F)c(Br)c1)c1cccc(F)c1. The molecule has 0 amide bonds. The molecule has 100 valence electrons. The highest BCUT2D eigenvalue weighted by Crippen LogP contribution is 2.24. The first-order valence-electron chi connectivity index (χ1n) is 5.99. The summed E-state index contributed by atoms with van der Waals surface area (Å²) in [5, 5.41) is 0. The van der Waals surface area contributed by atoms with Crippen molar-refractivity contribution in [2.24, 2.45) is 5.73 Å². The van der Waals surface area contributed by atoms with E-state index in [0.717, 1.165) is 11.1 Å². The molecule has 0 saturated carbocycles. The molecule has 0 fully saturated rings. The minimum absolute atomic E-state index is 0.0214. The van der Waals surface area contributed by atoms with Gasteiger partial charge in [-0.2, -0.15) is 0 Å². The molecular weight excluding hydrogens is 312 g/mol. The summed E-state index contributed by atoms with van der Waals surface area (Å²) in [5.41, 5.74) is 7.59. The molecule has 1 unspecified atom stereocenters. The van der Waals surface area contributed by atoms with Crippen LogP contribution < -0.4 is 5.73 Å². The Morgan fingerprint density at radius 2 is 1.89 bits per heavy atom. The maximum Gasteiger partial charge on any atom is 0.137 e. The van der Waals surface area contributed by atoms with Crippen LogP contribution in [-0.4, -0.2) is 6.54 Å². The van der Waals surface area contributed by atoms with Crippen molar-refractivity contribution >= 4 is 15.9 Å². The third kappa shape index (κ3) is 3.61. The Morgan fingerprint density at radius 1 is 1.11 bits per heavy atom. The van der Waals surface area contributed by atoms with Gasteiger partial charge in [-0.15, -0.1) is 0 Å². The smallest absolute Gasteiger partial charge is 0.137 e. The summed E-state index contributed by atoms with van der Waals surface area (Å²) in [6.45, 7) is 0.415. The van der Waals surface area contributed by atoms with Gasteiger partial charge < -0.3 is 5.73 Å². The minimum Gasteiger partial charge on any atom is -0.330 e. The molecule has 0 heterocycles. The van der Waals surface area contributed by atoms with E-state index in [2.05, 4.69) is 15.9 Å². The zero-order valence-corrected chi connectivity index (χ0v) is 11.8. The van der Waals surface area contributed by atoms with Crippen molar-refractivity contribution < 1.29 is 8.78 Å². The lowest BCUT2D eigenvalue weighted by molar-refractivity contribution is 0.613. The van der Waals surface area contributed by atoms with E-state index >= 15 is 0 Å². The molecular formula is C15H14BrF2N. The standard InChI is InChI=1S/C15H14BrF2N/c16-14-7-10(4-5-15(14)18)6-12(9-19)11-2-1-3-13(17)8-11/h1-5,7-8,12H,6,9,19H2. The van der Waals surface area contributed by atoms with Crippen LogP contribution in [0.25, 0.3) is 0 Å². The van der Waals surface area contributed by atoms with E-state index in [-0.39, 0.29) is 17.6 Å². The second-order valence-corrected chi connectivity index (χ2v) is 5.29. The van der Waals surface area contributed by atoms with Crippen LogP contribution in [0.3, 0.4) is 0 Å². The zero-order valence-electron chi connectivity index (χ0n) is 10.2. The normalized spacial score (nSPS) is 12.4. The highest BCUT2D eigenvalue weighted by atomic mass is 79.9. The van der Waals surface area contributed by atoms with Gasteiger partial charge >= 0.3 is 0 Å². The maximum atomic E-state index is 13.2. The summed E-state index contributed by atoms with van der Waals surface area (Å²) >= 11 is 3.16. The number of hydrogen-bond donors (Lipinski definition) is 1. The summed E-state index contributed by atoms with van der Waals surface area (Å²) in [7, 11) is 0. The second-order valence-electron chi connectivity index (χ2n) is 4.44. The summed E-state index contributed by atoms with van der Waals surface area (Å²) in [6, 6.07) is 11.3. The lowest BCUT2D eigenvalue weighted by Crippen LogP contribution is -2.15. The Labute approximate surface area is 119 Å². The fourth-order valence-electron chi connectivity index (χ4n) is 2.05. The van der Waals surface area contributed by atoms with E-state index in [1.807, 2.05) is 6.07 Å². The van der Waals surface area contributed by atoms with Crippen molar-refractivity contribution in [2.45, 2.75) is 12.3 Å². The third-order valence-electron chi connectivity index (χ3n) is 3.07. The fraction of sp³-hybridized carbons (Fsp3) is 0.200. The van der Waals surface area contributed by atoms with Gasteiger partial charge in [-0.25, -0.2) is 8.78 Å². The van der Waals surface area contributed by atoms with Gasteiger partial charge in [0, 0.05) is 5.92 Å². The molecule has 2 aromatic rings. The highest BCUT2D eigenvalue weighted by Gasteiger charge is 2.12. The Bertz CT molecular complexity index is 572. The Kier molecular flexibility index (Phi) is 4.66. The van der Waals surface area contributed by atoms with Gasteiger partial charge in [0.25, 0.3) is 0 Å². The van der Waals surface area contributed by atoms with Crippen LogP contribution >= 0.6 is 15.9 Å². The van der Waals surface area contributed by atoms with Crippen LogP contribution in [0.4, 0.5) is 8.78 Å². The summed E-state index contributed by atoms with van der Waals surface area (Å²) in [4.78, 5) is 0. The number of halogens is 3. The number of benzene rings is 2. The molecule has 0 radical (unpaired) electrons. The van der Waals surface area contributed by atoms with Crippen molar-refractivity contribution in [2.75, 3.05) is 6.54 Å². The van der Waals surface area contributed by atoms with E-state index in [1.165, 1.54) is 18.2 Å². The first kappa shape index (κ1) is 14.2. The number of hydrogen-bond acceptors (Lipinski definition) is 1. The number of nitrogens with two attached hydrogens (primary N) is 1. The molecule has 19 heavy (non-hydrogen) atoms. The van der Waals surface area contributed by atoms with Crippen molar-refractivity contribution in [1.29, 1.82) is 0 Å². The number of rotatable bonds is 4. The summed E-state index contributed by atoms with van der Waals surface area (Å²) in [5.74, 6) is -0.539. The van der Waals surface area contributed by atoms with Crippen LogP contribution in [0.1, 0.15) is 17.0 Å². The van der Waals surface area contributed by atoms with E-state index in [0.29, 0.717) is 17.4 Å². The van der Waals surface area contributed by atoms with Gasteiger partial charge in [-0.1, -0.05) is 18.2 Å². The molecule has 0 saturated heterocycles. The lowest BCUT2D eigenvalue weighted by atomic mass is 9.92. The zero-order chi connectivity index (χ0) is 13.8. The topological polar surface area (TPSA) is 26.0 Å². The summed E-state index contributed by atoms with van der Waals surface area (Å²) < 4.78 is 26.8. The molecule has 0 aromatic heterocycles. The van der Waals surface area contributed by atoms with Crippen molar-refractivity contribution in [3.63, 3.8) is 0 Å². The quantitative estimate of drug-likeness (QED) is 0.903. The molecule has 2 N–H and O–H groups in total. The lowest BCUT2D eigenvalue weighted by Gasteiger charge is -2.15. The van der Waals surface area contributed by atoms with Crippen LogP contribution in [0.15, 0.2) is 46.9 Å². The first-order valence-corrected chi connectivity index (χ1v) is 6.79. The fourth-order valence-corrected chi connectivity index (χ4v) is 2.48. The van der Waals surface area contributed by atoms with E-state index in [1.54, 1.807) is 18.2 Å². The van der Waals surface area contributed by atoms with Crippen molar-refractivity contribution in [3.8, 4) is 0 Å². The van der Waals surface area contributed by atoms with Gasteiger partial charge in [-0.05, 0) is 64.3 Å². The molecule has 2 rings (SSSR count). The minimum atomic E-state index is -0.293. The maximum absolute atomic E-state index is 13.2. The van der Waals surface area contributed by atoms with Crippen LogP contribution in [0, 0.1) is 11.6 Å². The predicted octanol–water partition coefficient (Wildman–Crippen LogP) is 4.01. The van der Waals surface area contributed by atoms with E-state index < -0.39 is 0 Å². The van der Waals surface area contributed by atoms with Gasteiger partial charge in [-0.3, -0.25) is 0 Å². The molecule has 4 heteroatoms. The Morgan fingerprint density at radius 3 is 2.53 bits per heavy atom. The monoisotopic (exact) mass is 325 g/mol. The first-order chi connectivity index (χ1) is 9.10. The largest absolute Gasteiger partial charge is 0.330 e. The van der Waals surface area contributed by atoms with Gasteiger partial charge in [0.1, 0.15) is 11.6 Å².